The second-order valence-corrected chi connectivity index (χ2v) is 1.99. The molecule has 0 saturated heterocycles. The Bertz CT molecular complexity index is 227. The van der Waals surface area contributed by atoms with Gasteiger partial charge < -0.3 is 0 Å². The lowest BCUT2D eigenvalue weighted by molar-refractivity contribution is -0.147. The molecule has 60 valence electrons. The molecule has 0 aromatic carbocycles. The third kappa shape index (κ3) is 2.41. The summed E-state index contributed by atoms with van der Waals surface area (Å²) >= 11 is 0. The fraction of sp³-hybridized carbons (Fsp3) is 0.429. The van der Waals surface area contributed by atoms with Gasteiger partial charge in [0.1, 0.15) is 0 Å². The number of carbonyl (C=O) groups is 4. The van der Waals surface area contributed by atoms with Gasteiger partial charge in [0.05, 0.1) is 0 Å². The summed E-state index contributed by atoms with van der Waals surface area (Å²) in [6, 6.07) is 0. The highest BCUT2D eigenvalue weighted by atomic mass is 16.2. The normalized spacial score (nSPS) is 8.91. The molecule has 11 heavy (non-hydrogen) atoms. The van der Waals surface area contributed by atoms with Crippen LogP contribution in [0.2, 0.25) is 0 Å². The van der Waals surface area contributed by atoms with Gasteiger partial charge in [0.25, 0.3) is 11.6 Å². The van der Waals surface area contributed by atoms with Gasteiger partial charge in [0.15, 0.2) is 0 Å². The highest BCUT2D eigenvalue weighted by molar-refractivity contribution is 6.77. The van der Waals surface area contributed by atoms with Crippen LogP contribution >= 0.6 is 0 Å². The fourth-order valence-electron chi connectivity index (χ4n) is 0.447. The molecule has 0 radical (unpaired) electrons. The van der Waals surface area contributed by atoms with Crippen LogP contribution in [0.25, 0.3) is 0 Å². The monoisotopic (exact) mass is 156 g/mol. The molecule has 0 N–H and O–H groups in total. The average Bonchev–Trinajstić information content (AvgIpc) is 2.00. The van der Waals surface area contributed by atoms with Crippen molar-refractivity contribution in [1.82, 2.24) is 0 Å². The first kappa shape index (κ1) is 9.68. The van der Waals surface area contributed by atoms with Crippen LogP contribution in [0, 0.1) is 0 Å². The first-order chi connectivity index (χ1) is 5.00. The van der Waals surface area contributed by atoms with Gasteiger partial charge in [0, 0.05) is 13.3 Å². The third-order valence-electron chi connectivity index (χ3n) is 1.10. The summed E-state index contributed by atoms with van der Waals surface area (Å²) in [4.78, 5) is 41.9. The first-order valence-electron chi connectivity index (χ1n) is 3.13. The topological polar surface area (TPSA) is 68.3 Å². The minimum Gasteiger partial charge on any atom is -0.291 e. The van der Waals surface area contributed by atoms with Crippen molar-refractivity contribution < 1.29 is 19.2 Å². The van der Waals surface area contributed by atoms with Crippen molar-refractivity contribution in [2.75, 3.05) is 0 Å². The van der Waals surface area contributed by atoms with E-state index in [-0.39, 0.29) is 6.42 Å². The zero-order chi connectivity index (χ0) is 9.02. The number of ketones is 4. The predicted octanol–water partition coefficient (Wildman–Crippen LogP) is -0.307. The zero-order valence-corrected chi connectivity index (χ0v) is 6.34. The van der Waals surface area contributed by atoms with Gasteiger partial charge in [-0.3, -0.25) is 19.2 Å². The molecule has 4 heteroatoms. The Morgan fingerprint density at radius 1 is 1.00 bits per heavy atom. The molecule has 0 bridgehead atoms. The standard InChI is InChI=1S/C7H8O4/c1-3-5(9)7(11)6(10)4(2)8/h3H2,1-2H3. The van der Waals surface area contributed by atoms with Gasteiger partial charge in [-0.25, -0.2) is 0 Å². The first-order valence-corrected chi connectivity index (χ1v) is 3.13. The summed E-state index contributed by atoms with van der Waals surface area (Å²) in [5.74, 6) is -4.14. The second kappa shape index (κ2) is 3.75. The Labute approximate surface area is 63.6 Å². The molecule has 0 heterocycles. The average molecular weight is 156 g/mol. The molecule has 0 aliphatic rings. The minimum atomic E-state index is -1.23. The lowest BCUT2D eigenvalue weighted by Gasteiger charge is -1.90. The minimum absolute atomic E-state index is 0.0438. The maximum atomic E-state index is 10.6. The van der Waals surface area contributed by atoms with Crippen molar-refractivity contribution in [3.8, 4) is 0 Å². The molecule has 0 aliphatic carbocycles. The van der Waals surface area contributed by atoms with Crippen LogP contribution in [-0.4, -0.2) is 23.1 Å². The molecule has 0 spiro atoms. The van der Waals surface area contributed by atoms with E-state index in [1.54, 1.807) is 0 Å². The summed E-state index contributed by atoms with van der Waals surface area (Å²) < 4.78 is 0. The highest BCUT2D eigenvalue weighted by Crippen LogP contribution is 1.86. The van der Waals surface area contributed by atoms with E-state index in [1.807, 2.05) is 0 Å². The maximum Gasteiger partial charge on any atom is 0.272 e. The largest absolute Gasteiger partial charge is 0.291 e. The molecule has 0 unspecified atom stereocenters. The highest BCUT2D eigenvalue weighted by Gasteiger charge is 2.23. The Morgan fingerprint density at radius 2 is 1.45 bits per heavy atom. The molecule has 4 nitrogen and oxygen atoms in total. The van der Waals surface area contributed by atoms with Crippen LogP contribution in [0.1, 0.15) is 20.3 Å². The van der Waals surface area contributed by atoms with Gasteiger partial charge >= 0.3 is 0 Å². The summed E-state index contributed by atoms with van der Waals surface area (Å²) in [7, 11) is 0. The summed E-state index contributed by atoms with van der Waals surface area (Å²) in [6.07, 6.45) is -0.0438. The molecular formula is C7H8O4. The Kier molecular flexibility index (Phi) is 3.30. The maximum absolute atomic E-state index is 10.6. The molecule has 0 saturated carbocycles. The van der Waals surface area contributed by atoms with Gasteiger partial charge in [-0.2, -0.15) is 0 Å². The van der Waals surface area contributed by atoms with Gasteiger partial charge in [0.2, 0.25) is 11.6 Å². The lowest BCUT2D eigenvalue weighted by Crippen LogP contribution is -2.28. The van der Waals surface area contributed by atoms with Crippen LogP contribution in [0.15, 0.2) is 0 Å². The van der Waals surface area contributed by atoms with Gasteiger partial charge in [-0.05, 0) is 0 Å². The van der Waals surface area contributed by atoms with E-state index in [9.17, 15) is 19.2 Å². The van der Waals surface area contributed by atoms with Crippen LogP contribution in [-0.2, 0) is 19.2 Å². The van der Waals surface area contributed by atoms with Crippen molar-refractivity contribution in [2.24, 2.45) is 0 Å². The number of hydrogen-bond donors (Lipinski definition) is 0. The Morgan fingerprint density at radius 3 is 1.73 bits per heavy atom. The number of Topliss-reactive ketones (excluding diaryl/α,β-unsaturated/α-hetero) is 4. The van der Waals surface area contributed by atoms with Crippen molar-refractivity contribution in [3.05, 3.63) is 0 Å². The molecule has 0 atom stereocenters. The van der Waals surface area contributed by atoms with E-state index < -0.39 is 23.1 Å². The van der Waals surface area contributed by atoms with Crippen LogP contribution in [0.5, 0.6) is 0 Å². The third-order valence-corrected chi connectivity index (χ3v) is 1.10. The van der Waals surface area contributed by atoms with E-state index in [1.165, 1.54) is 6.92 Å². The molecule has 0 amide bonds. The summed E-state index contributed by atoms with van der Waals surface area (Å²) in [6.45, 7) is 2.41. The Hall–Kier alpha value is -1.32. The van der Waals surface area contributed by atoms with E-state index >= 15 is 0 Å². The van der Waals surface area contributed by atoms with Crippen LogP contribution in [0.3, 0.4) is 0 Å². The quantitative estimate of drug-likeness (QED) is 0.413. The smallest absolute Gasteiger partial charge is 0.272 e. The fourth-order valence-corrected chi connectivity index (χ4v) is 0.447. The van der Waals surface area contributed by atoms with E-state index in [0.717, 1.165) is 6.92 Å². The van der Waals surface area contributed by atoms with Crippen molar-refractivity contribution in [3.63, 3.8) is 0 Å². The van der Waals surface area contributed by atoms with Gasteiger partial charge in [-0.1, -0.05) is 6.92 Å². The van der Waals surface area contributed by atoms with Gasteiger partial charge in [-0.15, -0.1) is 0 Å². The SMILES string of the molecule is CCC(=O)C(=O)C(=O)C(C)=O. The zero-order valence-electron chi connectivity index (χ0n) is 6.34. The lowest BCUT2D eigenvalue weighted by atomic mass is 10.1. The summed E-state index contributed by atoms with van der Waals surface area (Å²) in [5, 5.41) is 0. The van der Waals surface area contributed by atoms with Crippen molar-refractivity contribution >= 4 is 23.1 Å². The predicted molar refractivity (Wildman–Crippen MR) is 36.0 cm³/mol. The summed E-state index contributed by atoms with van der Waals surface area (Å²) in [5.41, 5.74) is 0. The van der Waals surface area contributed by atoms with E-state index in [4.69, 9.17) is 0 Å². The molecule has 0 aromatic heterocycles. The van der Waals surface area contributed by atoms with E-state index in [2.05, 4.69) is 0 Å². The van der Waals surface area contributed by atoms with Crippen LogP contribution in [0.4, 0.5) is 0 Å². The second-order valence-electron chi connectivity index (χ2n) is 1.99. The number of carbonyl (C=O) groups excluding carboxylic acids is 4. The molecule has 0 aliphatic heterocycles. The van der Waals surface area contributed by atoms with Crippen molar-refractivity contribution in [1.29, 1.82) is 0 Å². The number of rotatable bonds is 4. The molecule has 0 rings (SSSR count). The number of hydrogen-bond acceptors (Lipinski definition) is 4. The van der Waals surface area contributed by atoms with Crippen LogP contribution < -0.4 is 0 Å². The van der Waals surface area contributed by atoms with Crippen molar-refractivity contribution in [2.45, 2.75) is 20.3 Å². The molecular weight excluding hydrogens is 148 g/mol. The molecule has 0 fully saturated rings. The Balaban J connectivity index is 4.39. The molecule has 0 aromatic rings. The van der Waals surface area contributed by atoms with E-state index in [0.29, 0.717) is 0 Å².